The molecule has 0 fully saturated rings. The summed E-state index contributed by atoms with van der Waals surface area (Å²) in [4.78, 5) is 61.1. The number of hydrogen-bond acceptors (Lipinski definition) is 6. The van der Waals surface area contributed by atoms with Crippen LogP contribution in [-0.4, -0.2) is 53.8 Å². The van der Waals surface area contributed by atoms with Crippen LogP contribution in [0.5, 0.6) is 0 Å². The molecule has 1 aromatic rings. The third-order valence-corrected chi connectivity index (χ3v) is 4.07. The highest BCUT2D eigenvalue weighted by molar-refractivity contribution is 6.22. The number of esters is 1. The van der Waals surface area contributed by atoms with E-state index in [4.69, 9.17) is 4.74 Å². The number of rotatable bonds is 6. The zero-order valence-electron chi connectivity index (χ0n) is 16.2. The van der Waals surface area contributed by atoms with Crippen LogP contribution in [0.3, 0.4) is 0 Å². The van der Waals surface area contributed by atoms with E-state index in [-0.39, 0.29) is 17.0 Å². The van der Waals surface area contributed by atoms with Crippen LogP contribution >= 0.6 is 0 Å². The first kappa shape index (κ1) is 21.1. The van der Waals surface area contributed by atoms with Gasteiger partial charge in [-0.1, -0.05) is 25.5 Å². The average Bonchev–Trinajstić information content (AvgIpc) is 2.87. The molecule has 5 amide bonds. The summed E-state index contributed by atoms with van der Waals surface area (Å²) in [5, 5.41) is 4.51. The lowest BCUT2D eigenvalue weighted by Crippen LogP contribution is -2.46. The molecule has 28 heavy (non-hydrogen) atoms. The van der Waals surface area contributed by atoms with E-state index in [9.17, 15) is 24.0 Å². The van der Waals surface area contributed by atoms with Gasteiger partial charge in [-0.05, 0) is 31.9 Å². The van der Waals surface area contributed by atoms with E-state index in [1.807, 2.05) is 19.2 Å². The Kier molecular flexibility index (Phi) is 6.50. The molecule has 1 atom stereocenters. The van der Waals surface area contributed by atoms with Gasteiger partial charge in [-0.15, -0.1) is 0 Å². The lowest BCUT2D eigenvalue weighted by Gasteiger charge is -2.20. The van der Waals surface area contributed by atoms with Crippen LogP contribution in [0.1, 0.15) is 47.1 Å². The first-order valence-corrected chi connectivity index (χ1v) is 8.84. The molecule has 0 bridgehead atoms. The Morgan fingerprint density at radius 3 is 2.36 bits per heavy atom. The second-order valence-electron chi connectivity index (χ2n) is 6.97. The number of urea groups is 1. The number of ether oxygens (including phenoxy) is 1. The molecule has 2 N–H and O–H groups in total. The third kappa shape index (κ3) is 4.73. The molecule has 1 aliphatic heterocycles. The Bertz CT molecular complexity index is 833. The van der Waals surface area contributed by atoms with E-state index in [1.165, 1.54) is 13.0 Å². The largest absolute Gasteiger partial charge is 0.454 e. The van der Waals surface area contributed by atoms with Gasteiger partial charge in [-0.25, -0.2) is 9.59 Å². The van der Waals surface area contributed by atoms with Crippen LogP contribution in [0.2, 0.25) is 0 Å². The first-order chi connectivity index (χ1) is 13.1. The van der Waals surface area contributed by atoms with Crippen molar-refractivity contribution >= 4 is 29.7 Å². The number of imide groups is 2. The van der Waals surface area contributed by atoms with Crippen molar-refractivity contribution in [1.82, 2.24) is 15.5 Å². The average molecular weight is 389 g/mol. The maximum absolute atomic E-state index is 12.5. The van der Waals surface area contributed by atoms with Crippen LogP contribution < -0.4 is 10.6 Å². The summed E-state index contributed by atoms with van der Waals surface area (Å²) in [6.45, 7) is 6.59. The SMILES string of the molecule is Cc1ccc2c(c1)C(=O)N(C(C)C(=O)OCC(=O)NC(=O)NCC(C)C)C2=O. The minimum absolute atomic E-state index is 0.211. The van der Waals surface area contributed by atoms with Crippen LogP contribution in [0, 0.1) is 12.8 Å². The summed E-state index contributed by atoms with van der Waals surface area (Å²) < 4.78 is 4.85. The van der Waals surface area contributed by atoms with E-state index >= 15 is 0 Å². The molecule has 0 radical (unpaired) electrons. The highest BCUT2D eigenvalue weighted by Crippen LogP contribution is 2.26. The van der Waals surface area contributed by atoms with Gasteiger partial charge in [0.1, 0.15) is 6.04 Å². The molecule has 1 heterocycles. The molecular formula is C19H23N3O6. The summed E-state index contributed by atoms with van der Waals surface area (Å²) >= 11 is 0. The van der Waals surface area contributed by atoms with Gasteiger partial charge in [-0.2, -0.15) is 0 Å². The van der Waals surface area contributed by atoms with Crippen molar-refractivity contribution in [3.8, 4) is 0 Å². The standard InChI is InChI=1S/C19H23N3O6/c1-10(2)8-20-19(27)21-15(23)9-28-18(26)12(4)22-16(24)13-6-5-11(3)7-14(13)17(22)25/h5-7,10,12H,8-9H2,1-4H3,(H2,20,21,23,27). The maximum atomic E-state index is 12.5. The van der Waals surface area contributed by atoms with Crippen LogP contribution in [0.15, 0.2) is 18.2 Å². The summed E-state index contributed by atoms with van der Waals surface area (Å²) in [5.74, 6) is -2.72. The number of amides is 5. The van der Waals surface area contributed by atoms with Gasteiger partial charge in [0.05, 0.1) is 11.1 Å². The molecular weight excluding hydrogens is 366 g/mol. The quantitative estimate of drug-likeness (QED) is 0.553. The molecule has 9 heteroatoms. The molecule has 1 aromatic carbocycles. The number of carbonyl (C=O) groups excluding carboxylic acids is 5. The minimum atomic E-state index is -1.21. The molecule has 0 aromatic heterocycles. The molecule has 2 rings (SSSR count). The molecule has 0 saturated heterocycles. The van der Waals surface area contributed by atoms with E-state index in [2.05, 4.69) is 5.32 Å². The molecule has 9 nitrogen and oxygen atoms in total. The van der Waals surface area contributed by atoms with Gasteiger partial charge < -0.3 is 10.1 Å². The highest BCUT2D eigenvalue weighted by atomic mass is 16.5. The number of fused-ring (bicyclic) bond motifs is 1. The van der Waals surface area contributed by atoms with E-state index < -0.39 is 42.4 Å². The molecule has 0 aliphatic carbocycles. The molecule has 1 aliphatic rings. The monoisotopic (exact) mass is 389 g/mol. The second kappa shape index (κ2) is 8.64. The Labute approximate surface area is 162 Å². The van der Waals surface area contributed by atoms with Crippen molar-refractivity contribution in [2.45, 2.75) is 33.7 Å². The first-order valence-electron chi connectivity index (χ1n) is 8.84. The molecule has 150 valence electrons. The van der Waals surface area contributed by atoms with Crippen LogP contribution in [-0.2, 0) is 14.3 Å². The topological polar surface area (TPSA) is 122 Å². The Balaban J connectivity index is 1.91. The van der Waals surface area contributed by atoms with E-state index in [1.54, 1.807) is 19.1 Å². The summed E-state index contributed by atoms with van der Waals surface area (Å²) in [7, 11) is 0. The minimum Gasteiger partial charge on any atom is -0.454 e. The van der Waals surface area contributed by atoms with Crippen molar-refractivity contribution < 1.29 is 28.7 Å². The maximum Gasteiger partial charge on any atom is 0.329 e. The summed E-state index contributed by atoms with van der Waals surface area (Å²) in [5.41, 5.74) is 1.25. The highest BCUT2D eigenvalue weighted by Gasteiger charge is 2.41. The van der Waals surface area contributed by atoms with Crippen LogP contribution in [0.4, 0.5) is 4.79 Å². The number of hydrogen-bond donors (Lipinski definition) is 2. The van der Waals surface area contributed by atoms with E-state index in [0.29, 0.717) is 6.54 Å². The summed E-state index contributed by atoms with van der Waals surface area (Å²) in [6.07, 6.45) is 0. The molecule has 0 saturated carbocycles. The van der Waals surface area contributed by atoms with Gasteiger partial charge >= 0.3 is 12.0 Å². The number of nitrogens with zero attached hydrogens (tertiary/aromatic N) is 1. The van der Waals surface area contributed by atoms with Crippen molar-refractivity contribution in [3.63, 3.8) is 0 Å². The number of carbonyl (C=O) groups is 5. The van der Waals surface area contributed by atoms with Crippen LogP contribution in [0.25, 0.3) is 0 Å². The number of aryl methyl sites for hydroxylation is 1. The van der Waals surface area contributed by atoms with Crippen molar-refractivity contribution in [3.05, 3.63) is 34.9 Å². The molecule has 0 spiro atoms. The van der Waals surface area contributed by atoms with Gasteiger partial charge in [0.15, 0.2) is 6.61 Å². The van der Waals surface area contributed by atoms with Gasteiger partial charge in [0.25, 0.3) is 17.7 Å². The van der Waals surface area contributed by atoms with Gasteiger partial charge in [0, 0.05) is 6.54 Å². The normalized spacial score (nSPS) is 14.0. The second-order valence-corrected chi connectivity index (χ2v) is 6.97. The van der Waals surface area contributed by atoms with Crippen molar-refractivity contribution in [2.24, 2.45) is 5.92 Å². The Morgan fingerprint density at radius 1 is 1.07 bits per heavy atom. The Hall–Kier alpha value is -3.23. The van der Waals surface area contributed by atoms with Gasteiger partial charge in [0.2, 0.25) is 0 Å². The third-order valence-electron chi connectivity index (χ3n) is 4.07. The Morgan fingerprint density at radius 2 is 1.71 bits per heavy atom. The fraction of sp³-hybridized carbons (Fsp3) is 0.421. The van der Waals surface area contributed by atoms with Crippen molar-refractivity contribution in [2.75, 3.05) is 13.2 Å². The fourth-order valence-electron chi connectivity index (χ4n) is 2.59. The summed E-state index contributed by atoms with van der Waals surface area (Å²) in [6, 6.07) is 2.91. The fourth-order valence-corrected chi connectivity index (χ4v) is 2.59. The van der Waals surface area contributed by atoms with Gasteiger partial charge in [-0.3, -0.25) is 24.6 Å². The smallest absolute Gasteiger partial charge is 0.329 e. The van der Waals surface area contributed by atoms with Crippen molar-refractivity contribution in [1.29, 1.82) is 0 Å². The lowest BCUT2D eigenvalue weighted by atomic mass is 10.1. The lowest BCUT2D eigenvalue weighted by molar-refractivity contribution is -0.151. The predicted molar refractivity (Wildman–Crippen MR) is 98.5 cm³/mol. The molecule has 1 unspecified atom stereocenters. The predicted octanol–water partition coefficient (Wildman–Crippen LogP) is 1.00. The van der Waals surface area contributed by atoms with E-state index in [0.717, 1.165) is 10.5 Å². The number of benzene rings is 1. The number of nitrogens with one attached hydrogen (secondary N) is 2. The zero-order valence-corrected chi connectivity index (χ0v) is 16.2. The zero-order chi connectivity index (χ0) is 21.0.